The second kappa shape index (κ2) is 6.71. The van der Waals surface area contributed by atoms with Crippen molar-refractivity contribution < 1.29 is 4.79 Å². The summed E-state index contributed by atoms with van der Waals surface area (Å²) >= 11 is 0. The van der Waals surface area contributed by atoms with Crippen LogP contribution in [0.15, 0.2) is 18.2 Å². The number of rotatable bonds is 3. The molecular formula is C16H24N2O. The number of hydrogen-bond donors (Lipinski definition) is 2. The zero-order valence-corrected chi connectivity index (χ0v) is 12.0. The standard InChI is InChI=1S/C16H24N2O/c1-12-6-7-14(9-13(12)2)11-18-15-5-3-4-8-17-16(19)10-15/h6-7,9,15,18H,3-5,8,10-11H2,1-2H3,(H,17,19). The Kier molecular flexibility index (Phi) is 4.97. The molecule has 1 aromatic rings. The third-order valence-corrected chi connectivity index (χ3v) is 3.90. The molecule has 0 spiro atoms. The van der Waals surface area contributed by atoms with Gasteiger partial charge in [0.05, 0.1) is 0 Å². The van der Waals surface area contributed by atoms with Crippen LogP contribution >= 0.6 is 0 Å². The van der Waals surface area contributed by atoms with Crippen LogP contribution in [-0.4, -0.2) is 18.5 Å². The van der Waals surface area contributed by atoms with Gasteiger partial charge >= 0.3 is 0 Å². The maximum atomic E-state index is 11.6. The topological polar surface area (TPSA) is 41.1 Å². The Morgan fingerprint density at radius 3 is 2.89 bits per heavy atom. The summed E-state index contributed by atoms with van der Waals surface area (Å²) in [6.07, 6.45) is 3.97. The van der Waals surface area contributed by atoms with Gasteiger partial charge in [-0.3, -0.25) is 4.79 Å². The molecule has 1 aliphatic rings. The number of hydrogen-bond acceptors (Lipinski definition) is 2. The number of aryl methyl sites for hydroxylation is 2. The Labute approximate surface area is 115 Å². The summed E-state index contributed by atoms with van der Waals surface area (Å²) in [7, 11) is 0. The predicted molar refractivity (Wildman–Crippen MR) is 78.0 cm³/mol. The predicted octanol–water partition coefficient (Wildman–Crippen LogP) is 2.45. The first kappa shape index (κ1) is 14.1. The molecule has 1 atom stereocenters. The zero-order valence-electron chi connectivity index (χ0n) is 12.0. The van der Waals surface area contributed by atoms with Gasteiger partial charge in [-0.05, 0) is 43.4 Å². The van der Waals surface area contributed by atoms with Crippen molar-refractivity contribution in [2.75, 3.05) is 6.54 Å². The Morgan fingerprint density at radius 2 is 2.11 bits per heavy atom. The van der Waals surface area contributed by atoms with Gasteiger partial charge in [0, 0.05) is 25.6 Å². The van der Waals surface area contributed by atoms with E-state index in [0.29, 0.717) is 12.5 Å². The Hall–Kier alpha value is -1.35. The molecule has 104 valence electrons. The van der Waals surface area contributed by atoms with Gasteiger partial charge in [0.15, 0.2) is 0 Å². The molecule has 1 heterocycles. The van der Waals surface area contributed by atoms with Crippen molar-refractivity contribution >= 4 is 5.91 Å². The van der Waals surface area contributed by atoms with Crippen LogP contribution in [0.4, 0.5) is 0 Å². The molecule has 0 bridgehead atoms. The minimum Gasteiger partial charge on any atom is -0.356 e. The van der Waals surface area contributed by atoms with Gasteiger partial charge in [0.2, 0.25) is 5.91 Å². The number of benzene rings is 1. The second-order valence-corrected chi connectivity index (χ2v) is 5.55. The van der Waals surface area contributed by atoms with Gasteiger partial charge in [-0.2, -0.15) is 0 Å². The lowest BCUT2D eigenvalue weighted by Crippen LogP contribution is -2.37. The number of nitrogens with one attached hydrogen (secondary N) is 2. The van der Waals surface area contributed by atoms with Crippen LogP contribution < -0.4 is 10.6 Å². The molecule has 1 aromatic carbocycles. The lowest BCUT2D eigenvalue weighted by atomic mass is 10.0. The van der Waals surface area contributed by atoms with Crippen molar-refractivity contribution in [3.8, 4) is 0 Å². The van der Waals surface area contributed by atoms with E-state index in [1.165, 1.54) is 23.1 Å². The van der Waals surface area contributed by atoms with Gasteiger partial charge in [0.25, 0.3) is 0 Å². The van der Waals surface area contributed by atoms with Crippen molar-refractivity contribution in [1.82, 2.24) is 10.6 Å². The van der Waals surface area contributed by atoms with Crippen molar-refractivity contribution in [2.24, 2.45) is 0 Å². The summed E-state index contributed by atoms with van der Waals surface area (Å²) in [5, 5.41) is 6.47. The van der Waals surface area contributed by atoms with Gasteiger partial charge in [-0.15, -0.1) is 0 Å². The maximum absolute atomic E-state index is 11.6. The molecule has 3 heteroatoms. The fourth-order valence-electron chi connectivity index (χ4n) is 2.49. The van der Waals surface area contributed by atoms with E-state index < -0.39 is 0 Å². The summed E-state index contributed by atoms with van der Waals surface area (Å²) in [4.78, 5) is 11.6. The number of carbonyl (C=O) groups excluding carboxylic acids is 1. The molecule has 0 radical (unpaired) electrons. The molecule has 1 unspecified atom stereocenters. The highest BCUT2D eigenvalue weighted by molar-refractivity contribution is 5.76. The van der Waals surface area contributed by atoms with E-state index >= 15 is 0 Å². The first-order valence-corrected chi connectivity index (χ1v) is 7.21. The largest absolute Gasteiger partial charge is 0.356 e. The van der Waals surface area contributed by atoms with Crippen molar-refractivity contribution in [2.45, 2.75) is 52.1 Å². The molecular weight excluding hydrogens is 236 g/mol. The molecule has 0 saturated carbocycles. The fourth-order valence-corrected chi connectivity index (χ4v) is 2.49. The van der Waals surface area contributed by atoms with Crippen LogP contribution in [0.2, 0.25) is 0 Å². The van der Waals surface area contributed by atoms with E-state index in [2.05, 4.69) is 42.7 Å². The van der Waals surface area contributed by atoms with Crippen LogP contribution in [0, 0.1) is 13.8 Å². The van der Waals surface area contributed by atoms with E-state index in [1.807, 2.05) is 0 Å². The Balaban J connectivity index is 1.89. The number of amides is 1. The molecule has 1 aliphatic heterocycles. The summed E-state index contributed by atoms with van der Waals surface area (Å²) in [5.74, 6) is 0.178. The average molecular weight is 260 g/mol. The molecule has 0 aliphatic carbocycles. The maximum Gasteiger partial charge on any atom is 0.221 e. The number of carbonyl (C=O) groups is 1. The van der Waals surface area contributed by atoms with Crippen LogP contribution in [0.5, 0.6) is 0 Å². The lowest BCUT2D eigenvalue weighted by molar-refractivity contribution is -0.121. The lowest BCUT2D eigenvalue weighted by Gasteiger charge is -2.21. The highest BCUT2D eigenvalue weighted by Gasteiger charge is 2.15. The first-order valence-electron chi connectivity index (χ1n) is 7.21. The minimum absolute atomic E-state index is 0.178. The van der Waals surface area contributed by atoms with Gasteiger partial charge in [-0.25, -0.2) is 0 Å². The van der Waals surface area contributed by atoms with E-state index in [-0.39, 0.29) is 5.91 Å². The normalized spacial score (nSPS) is 20.5. The second-order valence-electron chi connectivity index (χ2n) is 5.55. The van der Waals surface area contributed by atoms with Gasteiger partial charge in [-0.1, -0.05) is 24.6 Å². The van der Waals surface area contributed by atoms with E-state index in [9.17, 15) is 4.79 Å². The van der Waals surface area contributed by atoms with Gasteiger partial charge < -0.3 is 10.6 Å². The SMILES string of the molecule is Cc1ccc(CNC2CCCCNC(=O)C2)cc1C. The summed E-state index contributed by atoms with van der Waals surface area (Å²) < 4.78 is 0. The Morgan fingerprint density at radius 1 is 1.26 bits per heavy atom. The molecule has 2 N–H and O–H groups in total. The third kappa shape index (κ3) is 4.35. The summed E-state index contributed by atoms with van der Waals surface area (Å²) in [5.41, 5.74) is 3.95. The molecule has 19 heavy (non-hydrogen) atoms. The van der Waals surface area contributed by atoms with Crippen LogP contribution in [-0.2, 0) is 11.3 Å². The van der Waals surface area contributed by atoms with Crippen molar-refractivity contribution in [1.29, 1.82) is 0 Å². The van der Waals surface area contributed by atoms with Crippen LogP contribution in [0.3, 0.4) is 0 Å². The third-order valence-electron chi connectivity index (χ3n) is 3.90. The van der Waals surface area contributed by atoms with Crippen LogP contribution in [0.1, 0.15) is 42.4 Å². The fraction of sp³-hybridized carbons (Fsp3) is 0.562. The highest BCUT2D eigenvalue weighted by Crippen LogP contribution is 2.12. The summed E-state index contributed by atoms with van der Waals surface area (Å²) in [6, 6.07) is 6.86. The van der Waals surface area contributed by atoms with Gasteiger partial charge in [0.1, 0.15) is 0 Å². The van der Waals surface area contributed by atoms with E-state index in [1.54, 1.807) is 0 Å². The molecule has 3 nitrogen and oxygen atoms in total. The molecule has 0 aromatic heterocycles. The monoisotopic (exact) mass is 260 g/mol. The van der Waals surface area contributed by atoms with E-state index in [4.69, 9.17) is 0 Å². The van der Waals surface area contributed by atoms with Crippen molar-refractivity contribution in [3.63, 3.8) is 0 Å². The minimum atomic E-state index is 0.178. The first-order chi connectivity index (χ1) is 9.15. The molecule has 1 fully saturated rings. The van der Waals surface area contributed by atoms with E-state index in [0.717, 1.165) is 25.9 Å². The molecule has 1 saturated heterocycles. The average Bonchev–Trinajstić information content (AvgIpc) is 2.36. The zero-order chi connectivity index (χ0) is 13.7. The van der Waals surface area contributed by atoms with Crippen molar-refractivity contribution in [3.05, 3.63) is 34.9 Å². The van der Waals surface area contributed by atoms with Crippen LogP contribution in [0.25, 0.3) is 0 Å². The smallest absolute Gasteiger partial charge is 0.221 e. The Bertz CT molecular complexity index is 442. The quantitative estimate of drug-likeness (QED) is 0.876. The summed E-state index contributed by atoms with van der Waals surface area (Å²) in [6.45, 7) is 5.95. The molecule has 2 rings (SSSR count). The highest BCUT2D eigenvalue weighted by atomic mass is 16.1. The molecule has 1 amide bonds.